The van der Waals surface area contributed by atoms with Gasteiger partial charge in [0, 0.05) is 5.41 Å². The molecule has 4 radical (unpaired) electrons. The van der Waals surface area contributed by atoms with Gasteiger partial charge in [-0.15, -0.1) is 0 Å². The van der Waals surface area contributed by atoms with Gasteiger partial charge in [-0.3, -0.25) is 0 Å². The second-order valence-electron chi connectivity index (χ2n) is 6.58. The number of hydrogen-bond donors (Lipinski definition) is 0. The molecule has 0 heterocycles. The van der Waals surface area contributed by atoms with E-state index in [2.05, 4.69) is 58.9 Å². The van der Waals surface area contributed by atoms with Crippen LogP contribution in [0.4, 0.5) is 0 Å². The lowest BCUT2D eigenvalue weighted by molar-refractivity contribution is 0.358. The van der Waals surface area contributed by atoms with Crippen LogP contribution in [0.3, 0.4) is 0 Å². The minimum absolute atomic E-state index is 0.346. The molecule has 2 nitrogen and oxygen atoms in total. The smallest absolute Gasteiger partial charge is 0.148 e. The van der Waals surface area contributed by atoms with Crippen LogP contribution in [0, 0.1) is 0 Å². The van der Waals surface area contributed by atoms with Gasteiger partial charge in [-0.2, -0.15) is 0 Å². The highest BCUT2D eigenvalue weighted by Crippen LogP contribution is 2.40. The number of halogens is 2. The summed E-state index contributed by atoms with van der Waals surface area (Å²) in [6.07, 6.45) is 3.36. The van der Waals surface area contributed by atoms with Gasteiger partial charge in [0.1, 0.15) is 40.4 Å². The van der Waals surface area contributed by atoms with Gasteiger partial charge in [-0.25, -0.2) is 0 Å². The average molecular weight is 486 g/mol. The van der Waals surface area contributed by atoms with Gasteiger partial charge >= 0.3 is 0 Å². The average Bonchev–Trinajstić information content (AvgIpc) is 2.60. The van der Waals surface area contributed by atoms with Crippen LogP contribution in [0.25, 0.3) is 0 Å². The minimum atomic E-state index is -0.346. The predicted octanol–water partition coefficient (Wildman–Crippen LogP) is 4.25. The van der Waals surface area contributed by atoms with Crippen LogP contribution in [0.2, 0.25) is 0 Å². The molecule has 0 unspecified atom stereocenters. The highest BCUT2D eigenvalue weighted by molar-refractivity contribution is 9.11. The monoisotopic (exact) mass is 484 g/mol. The molecule has 0 spiro atoms. The zero-order valence-corrected chi connectivity index (χ0v) is 18.7. The Bertz CT molecular complexity index is 748. The van der Waals surface area contributed by atoms with Crippen molar-refractivity contribution in [1.29, 1.82) is 0 Å². The fourth-order valence-electron chi connectivity index (χ4n) is 2.71. The summed E-state index contributed by atoms with van der Waals surface area (Å²) in [6, 6.07) is 7.88. The van der Waals surface area contributed by atoms with Crippen molar-refractivity contribution in [2.24, 2.45) is 0 Å². The van der Waals surface area contributed by atoms with E-state index in [9.17, 15) is 0 Å². The lowest BCUT2D eigenvalue weighted by Gasteiger charge is -2.29. The van der Waals surface area contributed by atoms with Crippen molar-refractivity contribution in [1.82, 2.24) is 0 Å². The first-order chi connectivity index (χ1) is 12.7. The first-order valence-electron chi connectivity index (χ1n) is 8.38. The van der Waals surface area contributed by atoms with Crippen molar-refractivity contribution >= 4 is 58.5 Å². The van der Waals surface area contributed by atoms with Crippen LogP contribution in [-0.4, -0.2) is 28.9 Å². The Morgan fingerprint density at radius 1 is 0.852 bits per heavy atom. The molecule has 0 fully saturated rings. The van der Waals surface area contributed by atoms with Gasteiger partial charge < -0.3 is 9.47 Å². The standard InChI is InChI=1S/C21H20B2Br2O2/c1-5-7-26-19-15(22)9-13(10-16(19)23)21(3,4)14-11-17(24)20(18(25)12-14)27-8-6-2/h5-6,9-12H,1-2,7-8H2,3-4H3. The molecule has 0 bridgehead atoms. The van der Waals surface area contributed by atoms with Gasteiger partial charge in [-0.05, 0) is 55.1 Å². The summed E-state index contributed by atoms with van der Waals surface area (Å²) in [7, 11) is 12.4. The molecule has 6 heteroatoms. The minimum Gasteiger partial charge on any atom is -0.491 e. The maximum Gasteiger partial charge on any atom is 0.148 e. The van der Waals surface area contributed by atoms with Gasteiger partial charge in [0.05, 0.1) is 8.95 Å². The van der Waals surface area contributed by atoms with E-state index in [0.717, 1.165) is 25.8 Å². The number of hydrogen-bond acceptors (Lipinski definition) is 2. The van der Waals surface area contributed by atoms with Gasteiger partial charge in [-0.1, -0.05) is 62.2 Å². The summed E-state index contributed by atoms with van der Waals surface area (Å²) in [6.45, 7) is 12.3. The zero-order valence-electron chi connectivity index (χ0n) is 15.5. The van der Waals surface area contributed by atoms with E-state index < -0.39 is 0 Å². The molecule has 0 aromatic heterocycles. The van der Waals surface area contributed by atoms with Crippen LogP contribution in [0.5, 0.6) is 11.5 Å². The number of rotatable bonds is 8. The van der Waals surface area contributed by atoms with Crippen molar-refractivity contribution in [3.63, 3.8) is 0 Å². The summed E-state index contributed by atoms with van der Waals surface area (Å²) < 4.78 is 13.0. The van der Waals surface area contributed by atoms with E-state index in [1.54, 1.807) is 12.2 Å². The van der Waals surface area contributed by atoms with Gasteiger partial charge in [0.15, 0.2) is 0 Å². The SMILES string of the molecule is [B]c1cc(C(C)(C)c2cc(Br)c(OCC=C)c(Br)c2)cc([B])c1OCC=C. The second kappa shape index (κ2) is 9.20. The molecule has 136 valence electrons. The summed E-state index contributed by atoms with van der Waals surface area (Å²) in [5.74, 6) is 1.23. The van der Waals surface area contributed by atoms with Crippen molar-refractivity contribution < 1.29 is 9.47 Å². The van der Waals surface area contributed by atoms with E-state index in [4.69, 9.17) is 25.2 Å². The Balaban J connectivity index is 2.46. The van der Waals surface area contributed by atoms with Crippen LogP contribution in [0.15, 0.2) is 58.5 Å². The third-order valence-electron chi connectivity index (χ3n) is 4.28. The molecule has 2 aromatic rings. The highest BCUT2D eigenvalue weighted by atomic mass is 79.9. The first-order valence-corrected chi connectivity index (χ1v) is 9.97. The number of benzene rings is 2. The van der Waals surface area contributed by atoms with Crippen LogP contribution < -0.4 is 20.4 Å². The van der Waals surface area contributed by atoms with Crippen molar-refractivity contribution in [2.75, 3.05) is 13.2 Å². The molecule has 2 rings (SSSR count). The van der Waals surface area contributed by atoms with Crippen molar-refractivity contribution in [3.8, 4) is 11.5 Å². The molecule has 0 saturated carbocycles. The molecule has 0 atom stereocenters. The number of ether oxygens (including phenoxy) is 2. The van der Waals surface area contributed by atoms with Crippen LogP contribution in [-0.2, 0) is 5.41 Å². The molecule has 0 aliphatic heterocycles. The summed E-state index contributed by atoms with van der Waals surface area (Å²) >= 11 is 7.19. The molecule has 0 aliphatic rings. The molecule has 0 saturated heterocycles. The Morgan fingerprint density at radius 3 is 1.70 bits per heavy atom. The van der Waals surface area contributed by atoms with Crippen LogP contribution in [0.1, 0.15) is 25.0 Å². The normalized spacial score (nSPS) is 11.1. The molecule has 27 heavy (non-hydrogen) atoms. The fraction of sp³-hybridized carbons (Fsp3) is 0.238. The quantitative estimate of drug-likeness (QED) is 0.411. The lowest BCUT2D eigenvalue weighted by Crippen LogP contribution is -2.27. The largest absolute Gasteiger partial charge is 0.491 e. The maximum absolute atomic E-state index is 6.19. The second-order valence-corrected chi connectivity index (χ2v) is 8.29. The van der Waals surface area contributed by atoms with E-state index in [1.165, 1.54) is 0 Å². The topological polar surface area (TPSA) is 18.5 Å². The fourth-order valence-corrected chi connectivity index (χ4v) is 4.13. The van der Waals surface area contributed by atoms with Crippen molar-refractivity contribution in [2.45, 2.75) is 19.3 Å². The Morgan fingerprint density at radius 2 is 1.26 bits per heavy atom. The van der Waals surface area contributed by atoms with E-state index in [1.807, 2.05) is 24.3 Å². The van der Waals surface area contributed by atoms with E-state index in [-0.39, 0.29) is 5.41 Å². The molecule has 2 aromatic carbocycles. The van der Waals surface area contributed by atoms with Crippen LogP contribution >= 0.6 is 31.9 Å². The predicted molar refractivity (Wildman–Crippen MR) is 123 cm³/mol. The first kappa shape index (κ1) is 21.9. The van der Waals surface area contributed by atoms with E-state index in [0.29, 0.717) is 29.9 Å². The molecule has 0 N–H and O–H groups in total. The summed E-state index contributed by atoms with van der Waals surface area (Å²) in [4.78, 5) is 0. The molecule has 0 amide bonds. The highest BCUT2D eigenvalue weighted by Gasteiger charge is 2.26. The molecular weight excluding hydrogens is 466 g/mol. The summed E-state index contributed by atoms with van der Waals surface area (Å²) in [5.41, 5.74) is 2.72. The molecular formula is C21H20B2Br2O2. The van der Waals surface area contributed by atoms with Gasteiger partial charge in [0.25, 0.3) is 0 Å². The third-order valence-corrected chi connectivity index (χ3v) is 5.46. The molecule has 0 aliphatic carbocycles. The Labute approximate surface area is 181 Å². The Hall–Kier alpha value is -1.39. The Kier molecular flexibility index (Phi) is 7.47. The maximum atomic E-state index is 6.19. The van der Waals surface area contributed by atoms with Gasteiger partial charge in [0.2, 0.25) is 0 Å². The summed E-state index contributed by atoms with van der Waals surface area (Å²) in [5, 5.41) is 0. The third kappa shape index (κ3) is 4.91. The zero-order chi connectivity index (χ0) is 20.2. The lowest BCUT2D eigenvalue weighted by atomic mass is 9.73. The van der Waals surface area contributed by atoms with E-state index >= 15 is 0 Å². The van der Waals surface area contributed by atoms with Crippen molar-refractivity contribution in [3.05, 3.63) is 69.6 Å².